The van der Waals surface area contributed by atoms with E-state index in [1.807, 2.05) is 17.5 Å². The summed E-state index contributed by atoms with van der Waals surface area (Å²) in [4.78, 5) is 28.1. The lowest BCUT2D eigenvalue weighted by molar-refractivity contribution is -0.133. The maximum atomic E-state index is 12.9. The van der Waals surface area contributed by atoms with Gasteiger partial charge in [-0.05, 0) is 30.4 Å². The second-order valence-electron chi connectivity index (χ2n) is 6.75. The van der Waals surface area contributed by atoms with Crippen LogP contribution in [0.3, 0.4) is 0 Å². The number of pyridine rings is 1. The second kappa shape index (κ2) is 8.59. The molecule has 0 unspecified atom stereocenters. The zero-order valence-corrected chi connectivity index (χ0v) is 17.7. The minimum absolute atomic E-state index is 0.0276. The van der Waals surface area contributed by atoms with Crippen LogP contribution in [-0.2, 0) is 27.9 Å². The molecule has 28 heavy (non-hydrogen) atoms. The van der Waals surface area contributed by atoms with Crippen molar-refractivity contribution in [1.82, 2.24) is 13.8 Å². The van der Waals surface area contributed by atoms with Crippen LogP contribution in [0, 0.1) is 0 Å². The van der Waals surface area contributed by atoms with Gasteiger partial charge in [-0.15, -0.1) is 11.3 Å². The van der Waals surface area contributed by atoms with Crippen molar-refractivity contribution in [1.29, 1.82) is 0 Å². The number of aromatic nitrogens is 1. The lowest BCUT2D eigenvalue weighted by Gasteiger charge is -2.23. The first-order valence-corrected chi connectivity index (χ1v) is 11.7. The van der Waals surface area contributed by atoms with Crippen molar-refractivity contribution in [2.75, 3.05) is 13.1 Å². The van der Waals surface area contributed by atoms with E-state index in [1.165, 1.54) is 27.2 Å². The van der Waals surface area contributed by atoms with Crippen LogP contribution in [0.25, 0.3) is 0 Å². The summed E-state index contributed by atoms with van der Waals surface area (Å²) in [6.45, 7) is 4.56. The fraction of sp³-hybridized carbons (Fsp3) is 0.474. The van der Waals surface area contributed by atoms with E-state index in [-0.39, 0.29) is 23.4 Å². The molecule has 2 aromatic heterocycles. The van der Waals surface area contributed by atoms with Crippen LogP contribution >= 0.6 is 11.3 Å². The number of hydrogen-bond donors (Lipinski definition) is 0. The molecule has 0 radical (unpaired) electrons. The van der Waals surface area contributed by atoms with Gasteiger partial charge in [0, 0.05) is 36.3 Å². The Balaban J connectivity index is 1.83. The molecule has 152 valence electrons. The minimum Gasteiger partial charge on any atom is -0.333 e. The third-order valence-electron chi connectivity index (χ3n) is 4.82. The summed E-state index contributed by atoms with van der Waals surface area (Å²) in [7, 11) is -3.69. The van der Waals surface area contributed by atoms with Crippen LogP contribution < -0.4 is 5.56 Å². The first-order valence-electron chi connectivity index (χ1n) is 9.39. The highest BCUT2D eigenvalue weighted by Gasteiger charge is 2.33. The smallest absolute Gasteiger partial charge is 0.251 e. The zero-order valence-electron chi connectivity index (χ0n) is 16.1. The first kappa shape index (κ1) is 20.8. The molecule has 0 aliphatic heterocycles. The van der Waals surface area contributed by atoms with Gasteiger partial charge in [-0.1, -0.05) is 19.9 Å². The number of nitrogens with zero attached hydrogens (tertiary/aromatic N) is 3. The average Bonchev–Trinajstić information content (AvgIpc) is 3.37. The molecule has 0 saturated heterocycles. The summed E-state index contributed by atoms with van der Waals surface area (Å²) in [5.41, 5.74) is -0.390. The van der Waals surface area contributed by atoms with E-state index >= 15 is 0 Å². The highest BCUT2D eigenvalue weighted by atomic mass is 32.2. The molecule has 1 aliphatic carbocycles. The van der Waals surface area contributed by atoms with E-state index in [4.69, 9.17) is 0 Å². The van der Waals surface area contributed by atoms with Crippen molar-refractivity contribution in [3.63, 3.8) is 0 Å². The number of thiophene rings is 1. The summed E-state index contributed by atoms with van der Waals surface area (Å²) >= 11 is 1.59. The van der Waals surface area contributed by atoms with E-state index in [0.717, 1.165) is 17.7 Å². The van der Waals surface area contributed by atoms with Crippen molar-refractivity contribution in [2.45, 2.75) is 50.7 Å². The standard InChI is InChI=1S/C19H25N3O4S2/c1-3-21(4-2)28(25,26)17-9-10-18(23)20(13-17)14-19(24)22(15-7-8-15)12-16-6-5-11-27-16/h5-6,9-11,13,15H,3-4,7-8,12,14H2,1-2H3. The fourth-order valence-corrected chi connectivity index (χ4v) is 5.29. The highest BCUT2D eigenvalue weighted by molar-refractivity contribution is 7.89. The van der Waals surface area contributed by atoms with Gasteiger partial charge in [0.05, 0.1) is 11.4 Å². The molecule has 2 aromatic rings. The second-order valence-corrected chi connectivity index (χ2v) is 9.72. The van der Waals surface area contributed by atoms with Gasteiger partial charge < -0.3 is 9.47 Å². The SMILES string of the molecule is CCN(CC)S(=O)(=O)c1ccc(=O)n(CC(=O)N(Cc2cccs2)C2CC2)c1. The largest absolute Gasteiger partial charge is 0.333 e. The van der Waals surface area contributed by atoms with Gasteiger partial charge in [0.1, 0.15) is 6.54 Å². The lowest BCUT2D eigenvalue weighted by atomic mass is 10.3. The molecule has 9 heteroatoms. The van der Waals surface area contributed by atoms with Crippen molar-refractivity contribution in [3.8, 4) is 0 Å². The Kier molecular flexibility index (Phi) is 6.36. The van der Waals surface area contributed by atoms with Gasteiger partial charge in [-0.25, -0.2) is 8.42 Å². The average molecular weight is 424 g/mol. The van der Waals surface area contributed by atoms with Crippen LogP contribution in [0.2, 0.25) is 0 Å². The van der Waals surface area contributed by atoms with Crippen LogP contribution in [0.5, 0.6) is 0 Å². The fourth-order valence-electron chi connectivity index (χ4n) is 3.11. The van der Waals surface area contributed by atoms with Crippen LogP contribution in [-0.4, -0.2) is 47.2 Å². The molecule has 1 saturated carbocycles. The Morgan fingerprint density at radius 1 is 1.21 bits per heavy atom. The first-order chi connectivity index (χ1) is 13.4. The maximum Gasteiger partial charge on any atom is 0.251 e. The Morgan fingerprint density at radius 2 is 1.93 bits per heavy atom. The van der Waals surface area contributed by atoms with E-state index in [1.54, 1.807) is 30.1 Å². The van der Waals surface area contributed by atoms with Crippen molar-refractivity contribution < 1.29 is 13.2 Å². The Bertz CT molecular complexity index is 975. The molecule has 0 N–H and O–H groups in total. The molecule has 2 heterocycles. The predicted molar refractivity (Wildman–Crippen MR) is 109 cm³/mol. The van der Waals surface area contributed by atoms with Gasteiger partial charge in [0.25, 0.3) is 5.56 Å². The highest BCUT2D eigenvalue weighted by Crippen LogP contribution is 2.29. The van der Waals surface area contributed by atoms with Gasteiger partial charge in [-0.3, -0.25) is 9.59 Å². The Labute approximate surface area is 169 Å². The summed E-state index contributed by atoms with van der Waals surface area (Å²) < 4.78 is 28.0. The molecular weight excluding hydrogens is 398 g/mol. The predicted octanol–water partition coefficient (Wildman–Crippen LogP) is 2.13. The number of sulfonamides is 1. The van der Waals surface area contributed by atoms with Crippen molar-refractivity contribution in [2.24, 2.45) is 0 Å². The lowest BCUT2D eigenvalue weighted by Crippen LogP contribution is -2.38. The molecule has 1 amide bonds. The minimum atomic E-state index is -3.69. The Hall–Kier alpha value is -1.97. The monoisotopic (exact) mass is 423 g/mol. The normalized spacial score (nSPS) is 14.4. The molecule has 3 rings (SSSR count). The van der Waals surface area contributed by atoms with Crippen LogP contribution in [0.15, 0.2) is 45.5 Å². The topological polar surface area (TPSA) is 79.7 Å². The molecule has 1 fully saturated rings. The molecule has 0 aromatic carbocycles. The van der Waals surface area contributed by atoms with Crippen LogP contribution in [0.1, 0.15) is 31.6 Å². The molecule has 7 nitrogen and oxygen atoms in total. The van der Waals surface area contributed by atoms with Gasteiger partial charge in [-0.2, -0.15) is 4.31 Å². The number of amides is 1. The van der Waals surface area contributed by atoms with E-state index < -0.39 is 15.6 Å². The van der Waals surface area contributed by atoms with Gasteiger partial charge in [0.15, 0.2) is 0 Å². The number of hydrogen-bond acceptors (Lipinski definition) is 5. The van der Waals surface area contributed by atoms with Crippen LogP contribution in [0.4, 0.5) is 0 Å². The van der Waals surface area contributed by atoms with E-state index in [2.05, 4.69) is 0 Å². The molecule has 0 spiro atoms. The van der Waals surface area contributed by atoms with Crippen molar-refractivity contribution in [3.05, 3.63) is 51.1 Å². The number of carbonyl (C=O) groups excluding carboxylic acids is 1. The molecule has 0 atom stereocenters. The molecular formula is C19H25N3O4S2. The van der Waals surface area contributed by atoms with Gasteiger partial charge in [0.2, 0.25) is 15.9 Å². The van der Waals surface area contributed by atoms with Gasteiger partial charge >= 0.3 is 0 Å². The maximum absolute atomic E-state index is 12.9. The summed E-state index contributed by atoms with van der Waals surface area (Å²) in [6.07, 6.45) is 3.20. The summed E-state index contributed by atoms with van der Waals surface area (Å²) in [5, 5.41) is 1.97. The summed E-state index contributed by atoms with van der Waals surface area (Å²) in [5.74, 6) is -0.171. The number of rotatable bonds is 9. The van der Waals surface area contributed by atoms with E-state index in [9.17, 15) is 18.0 Å². The third kappa shape index (κ3) is 4.53. The molecule has 0 bridgehead atoms. The number of carbonyl (C=O) groups is 1. The Morgan fingerprint density at radius 3 is 2.50 bits per heavy atom. The third-order valence-corrected chi connectivity index (χ3v) is 7.71. The van der Waals surface area contributed by atoms with E-state index in [0.29, 0.717) is 19.6 Å². The quantitative estimate of drug-likeness (QED) is 0.619. The zero-order chi connectivity index (χ0) is 20.3. The molecule has 1 aliphatic rings. The summed E-state index contributed by atoms with van der Waals surface area (Å²) in [6, 6.07) is 6.65. The van der Waals surface area contributed by atoms with Crippen molar-refractivity contribution >= 4 is 27.3 Å².